The number of esters is 1. The third-order valence-electron chi connectivity index (χ3n) is 16.5. The highest BCUT2D eigenvalue weighted by Gasteiger charge is 2.53. The number of aryl methyl sites for hydroxylation is 4. The maximum absolute atomic E-state index is 12.9. The quantitative estimate of drug-likeness (QED) is 0.0467. The molecule has 464 valence electrons. The minimum Gasteiger partial charge on any atom is -0.481 e. The number of carbonyl (C=O) groups excluding carboxylic acids is 1. The van der Waals surface area contributed by atoms with Gasteiger partial charge in [0.2, 0.25) is 0 Å². The number of halogens is 3. The molecule has 0 aliphatic heterocycles. The van der Waals surface area contributed by atoms with Gasteiger partial charge in [-0.1, -0.05) is 146 Å². The molecule has 0 aromatic heterocycles. The molecule has 4 bridgehead atoms. The molecule has 4 aliphatic carbocycles. The summed E-state index contributed by atoms with van der Waals surface area (Å²) in [5.41, 5.74) is 0.278. The van der Waals surface area contributed by atoms with Crippen LogP contribution in [0.15, 0.2) is 233 Å². The topological polar surface area (TPSA) is 78.9 Å². The van der Waals surface area contributed by atoms with Gasteiger partial charge in [0.05, 0.1) is 32.7 Å². The fourth-order valence-corrected chi connectivity index (χ4v) is 19.1. The lowest BCUT2D eigenvalue weighted by molar-refractivity contribution is -0.188. The monoisotopic (exact) mass is 1270 g/mol. The Labute approximate surface area is 531 Å². The van der Waals surface area contributed by atoms with Gasteiger partial charge in [0.1, 0.15) is 23.4 Å². The van der Waals surface area contributed by atoms with Crippen molar-refractivity contribution < 1.29 is 40.0 Å². The molecule has 8 aromatic rings. The lowest BCUT2D eigenvalue weighted by atomic mass is 9.54. The van der Waals surface area contributed by atoms with E-state index in [1.54, 1.807) is 12.1 Å². The van der Waals surface area contributed by atoms with Crippen molar-refractivity contribution in [3.63, 3.8) is 0 Å². The standard InChI is InChI=1S/C32H35O3S.C21H18F3O3S2.C21H29S.CH4/c1-22-13-29(36(27-9-5-3-6-10-27)28-11-7-4-8-12-28)14-23(2)31(22)34-21-30(33)35-32-18-24-15-25(19-32)17-26(16-24)20-32;1-15-13-19(14-16(2)20(15)27-29(25,26)21(22,23)24)28(17-9-5-3-6-10-17)18-11-7-4-8-12-18;1-20(2,3)16-8-12-18(13-9-16)22(7)19-14-10-17(11-15-19)21(4,5)6;/h3-14,24-26H,15-21H2,1-2H3;3-14H,1-2H3;8-15H,1-7H3;1H4/q3*+1;. The zero-order chi connectivity index (χ0) is 62.5. The minimum absolute atomic E-state index is 0. The summed E-state index contributed by atoms with van der Waals surface area (Å²) >= 11 is 0. The van der Waals surface area contributed by atoms with Crippen molar-refractivity contribution >= 4 is 48.8 Å². The maximum atomic E-state index is 12.9. The van der Waals surface area contributed by atoms with Crippen LogP contribution >= 0.6 is 0 Å². The molecule has 0 heterocycles. The smallest absolute Gasteiger partial charge is 0.481 e. The molecule has 4 aliphatic rings. The van der Waals surface area contributed by atoms with Gasteiger partial charge in [-0.3, -0.25) is 0 Å². The molecule has 6 nitrogen and oxygen atoms in total. The zero-order valence-electron chi connectivity index (χ0n) is 51.9. The molecule has 12 rings (SSSR count). The first-order chi connectivity index (χ1) is 41.2. The maximum Gasteiger partial charge on any atom is 0.534 e. The Bertz CT molecular complexity index is 3500. The second-order valence-corrected chi connectivity index (χ2v) is 33.1. The number of hydrogen-bond donors (Lipinski definition) is 0. The van der Waals surface area contributed by atoms with Gasteiger partial charge >= 0.3 is 21.6 Å². The van der Waals surface area contributed by atoms with Crippen LogP contribution in [-0.2, 0) is 63.2 Å². The molecule has 0 N–H and O–H groups in total. The summed E-state index contributed by atoms with van der Waals surface area (Å²) in [5, 5.41) is 0. The summed E-state index contributed by atoms with van der Waals surface area (Å²) in [6.07, 6.45) is 9.50. The Morgan fingerprint density at radius 1 is 0.477 bits per heavy atom. The van der Waals surface area contributed by atoms with E-state index in [1.165, 1.54) is 68.7 Å². The second kappa shape index (κ2) is 28.2. The fourth-order valence-electron chi connectivity index (χ4n) is 12.6. The van der Waals surface area contributed by atoms with Crippen molar-refractivity contribution in [3.05, 3.63) is 228 Å². The number of rotatable bonds is 14. The van der Waals surface area contributed by atoms with Crippen molar-refractivity contribution in [3.8, 4) is 11.5 Å². The van der Waals surface area contributed by atoms with Gasteiger partial charge in [0, 0.05) is 24.3 Å². The Morgan fingerprint density at radius 2 is 0.784 bits per heavy atom. The lowest BCUT2D eigenvalue weighted by Gasteiger charge is -2.55. The Balaban J connectivity index is 0.000000175. The molecule has 0 saturated heterocycles. The Morgan fingerprint density at radius 3 is 1.08 bits per heavy atom. The van der Waals surface area contributed by atoms with Crippen LogP contribution in [0.3, 0.4) is 0 Å². The highest BCUT2D eigenvalue weighted by Crippen LogP contribution is 2.57. The van der Waals surface area contributed by atoms with Crippen molar-refractivity contribution in [2.45, 2.75) is 176 Å². The number of alkyl halides is 3. The van der Waals surface area contributed by atoms with Crippen LogP contribution in [0, 0.1) is 45.4 Å². The first kappa shape index (κ1) is 67.5. The van der Waals surface area contributed by atoms with Crippen molar-refractivity contribution in [1.82, 2.24) is 0 Å². The molecule has 88 heavy (non-hydrogen) atoms. The van der Waals surface area contributed by atoms with Crippen molar-refractivity contribution in [1.29, 1.82) is 0 Å². The summed E-state index contributed by atoms with van der Waals surface area (Å²) in [6, 6.07) is 66.9. The van der Waals surface area contributed by atoms with Crippen molar-refractivity contribution in [2.24, 2.45) is 17.8 Å². The molecule has 0 unspecified atom stereocenters. The first-order valence-electron chi connectivity index (χ1n) is 29.8. The second-order valence-electron chi connectivity index (χ2n) is 25.5. The fraction of sp³-hybridized carbons (Fsp3) is 0.347. The van der Waals surface area contributed by atoms with Crippen LogP contribution in [0.25, 0.3) is 0 Å². The van der Waals surface area contributed by atoms with Gasteiger partial charge in [0.15, 0.2) is 45.8 Å². The normalized spacial score (nSPS) is 17.9. The largest absolute Gasteiger partial charge is 0.534 e. The van der Waals surface area contributed by atoms with E-state index >= 15 is 0 Å². The van der Waals surface area contributed by atoms with E-state index in [-0.39, 0.29) is 64.0 Å². The molecule has 0 radical (unpaired) electrons. The van der Waals surface area contributed by atoms with E-state index < -0.39 is 26.5 Å². The predicted molar refractivity (Wildman–Crippen MR) is 357 cm³/mol. The molecule has 0 spiro atoms. The highest BCUT2D eigenvalue weighted by atomic mass is 32.2. The van der Waals surface area contributed by atoms with Crippen LogP contribution in [0.1, 0.15) is 121 Å². The summed E-state index contributed by atoms with van der Waals surface area (Å²) in [5.74, 6) is 2.55. The molecule has 4 fully saturated rings. The summed E-state index contributed by atoms with van der Waals surface area (Å²) in [7, 11) is -6.32. The van der Waals surface area contributed by atoms with Gasteiger partial charge < -0.3 is 13.7 Å². The molecular formula is C75H86F3O6S4+3. The van der Waals surface area contributed by atoms with E-state index in [4.69, 9.17) is 9.47 Å². The van der Waals surface area contributed by atoms with Gasteiger partial charge in [0.25, 0.3) is 0 Å². The van der Waals surface area contributed by atoms with E-state index in [0.717, 1.165) is 68.6 Å². The number of benzene rings is 8. The van der Waals surface area contributed by atoms with Crippen LogP contribution in [-0.4, -0.2) is 38.4 Å². The van der Waals surface area contributed by atoms with Gasteiger partial charge in [-0.25, -0.2) is 4.79 Å². The highest BCUT2D eigenvalue weighted by molar-refractivity contribution is 7.97. The molecular weight excluding hydrogens is 1180 g/mol. The summed E-state index contributed by atoms with van der Waals surface area (Å²) < 4.78 is 77.8. The van der Waals surface area contributed by atoms with E-state index in [9.17, 15) is 26.4 Å². The van der Waals surface area contributed by atoms with Gasteiger partial charge in [-0.2, -0.15) is 21.6 Å². The SMILES string of the molecule is C.C[S+](c1ccc(C(C)(C)C)cc1)c1ccc(C(C)(C)C)cc1.Cc1cc([S+](c2ccccc2)c2ccccc2)cc(C)c1OCC(=O)OC12CC3CC(CC(C3)C1)C2.Cc1cc([S+](c2ccccc2)c2ccccc2)cc(C)c1OS(=O)(=O)C(F)(F)F. The average Bonchev–Trinajstić information content (AvgIpc) is 1.40. The minimum atomic E-state index is -5.73. The number of ether oxygens (including phenoxy) is 2. The molecule has 13 heteroatoms. The number of carbonyl (C=O) groups is 1. The molecule has 4 saturated carbocycles. The van der Waals surface area contributed by atoms with E-state index in [1.807, 2.05) is 60.7 Å². The van der Waals surface area contributed by atoms with Gasteiger partial charge in [-0.05, 0) is 201 Å². The molecule has 0 atom stereocenters. The Kier molecular flexibility index (Phi) is 21.6. The number of hydrogen-bond acceptors (Lipinski definition) is 6. The predicted octanol–water partition coefficient (Wildman–Crippen LogP) is 19.5. The van der Waals surface area contributed by atoms with E-state index in [2.05, 4.69) is 187 Å². The van der Waals surface area contributed by atoms with Crippen LogP contribution in [0.4, 0.5) is 13.2 Å². The third-order valence-corrected chi connectivity index (χ3v) is 23.8. The van der Waals surface area contributed by atoms with Crippen LogP contribution < -0.4 is 8.92 Å². The van der Waals surface area contributed by atoms with Gasteiger partial charge in [-0.15, -0.1) is 0 Å². The van der Waals surface area contributed by atoms with E-state index in [0.29, 0.717) is 11.1 Å². The average molecular weight is 1270 g/mol. The lowest BCUT2D eigenvalue weighted by Crippen LogP contribution is -2.53. The molecule has 8 aromatic carbocycles. The zero-order valence-corrected chi connectivity index (χ0v) is 55.1. The van der Waals surface area contributed by atoms with Crippen molar-refractivity contribution in [2.75, 3.05) is 12.9 Å². The van der Waals surface area contributed by atoms with Crippen LogP contribution in [0.5, 0.6) is 11.5 Å². The summed E-state index contributed by atoms with van der Waals surface area (Å²) in [6.45, 7) is 20.8. The summed E-state index contributed by atoms with van der Waals surface area (Å²) in [4.78, 5) is 22.5. The Hall–Kier alpha value is -6.38. The third kappa shape index (κ3) is 16.5. The van der Waals surface area contributed by atoms with Crippen LogP contribution in [0.2, 0.25) is 0 Å². The molecule has 0 amide bonds. The first-order valence-corrected chi connectivity index (χ1v) is 35.3.